The van der Waals surface area contributed by atoms with Crippen LogP contribution >= 0.6 is 0 Å². The molecule has 1 aromatic heterocycles. The zero-order chi connectivity index (χ0) is 18.1. The Balaban J connectivity index is 2.41. The second kappa shape index (κ2) is 6.12. The Labute approximate surface area is 140 Å². The monoisotopic (exact) mass is 337 g/mol. The molecule has 0 radical (unpaired) electrons. The summed E-state index contributed by atoms with van der Waals surface area (Å²) in [4.78, 5) is 47.7. The molecule has 0 N–H and O–H groups in total. The zero-order valence-electron chi connectivity index (χ0n) is 13.0. The highest BCUT2D eigenvalue weighted by molar-refractivity contribution is 6.22. The second-order valence-electron chi connectivity index (χ2n) is 5.30. The third-order valence-electron chi connectivity index (χ3n) is 3.74. The first-order valence-electron chi connectivity index (χ1n) is 7.26. The number of nitro benzene ring substituents is 1. The van der Waals surface area contributed by atoms with Crippen LogP contribution in [-0.4, -0.2) is 16.5 Å². The van der Waals surface area contributed by atoms with E-state index in [0.29, 0.717) is 0 Å². The first kappa shape index (κ1) is 16.3. The van der Waals surface area contributed by atoms with Crippen molar-refractivity contribution in [3.63, 3.8) is 0 Å². The molecule has 3 rings (SSSR count). The maximum atomic E-state index is 13.0. The van der Waals surface area contributed by atoms with E-state index in [1.807, 2.05) is 0 Å². The molecule has 3 aromatic rings. The van der Waals surface area contributed by atoms with Gasteiger partial charge in [0, 0.05) is 11.5 Å². The lowest BCUT2D eigenvalue weighted by Gasteiger charge is -2.09. The predicted octanol–water partition coefficient (Wildman–Crippen LogP) is 3.13. The fourth-order valence-electron chi connectivity index (χ4n) is 2.66. The molecule has 7 nitrogen and oxygen atoms in total. The zero-order valence-corrected chi connectivity index (χ0v) is 13.0. The average molecular weight is 337 g/mol. The van der Waals surface area contributed by atoms with Gasteiger partial charge in [0.1, 0.15) is 16.7 Å². The van der Waals surface area contributed by atoms with Crippen molar-refractivity contribution in [1.82, 2.24) is 0 Å². The number of Topliss-reactive ketones (excluding diaryl/α,β-unsaturated/α-hetero) is 1. The number of rotatable bonds is 4. The predicted molar refractivity (Wildman–Crippen MR) is 89.0 cm³/mol. The number of benzene rings is 2. The summed E-state index contributed by atoms with van der Waals surface area (Å²) in [5.74, 6) is -1.43. The van der Waals surface area contributed by atoms with Crippen LogP contribution < -0.4 is 5.63 Å². The molecular weight excluding hydrogens is 326 g/mol. The lowest BCUT2D eigenvalue weighted by Crippen LogP contribution is -2.20. The van der Waals surface area contributed by atoms with E-state index in [1.165, 1.54) is 36.4 Å². The summed E-state index contributed by atoms with van der Waals surface area (Å²) in [6.07, 6.45) is 0. The van der Waals surface area contributed by atoms with E-state index < -0.39 is 33.4 Å². The molecule has 0 saturated carbocycles. The molecular formula is C18H11NO6. The minimum absolute atomic E-state index is 0.124. The van der Waals surface area contributed by atoms with Crippen LogP contribution in [0.2, 0.25) is 0 Å². The number of hydrogen-bond acceptors (Lipinski definition) is 6. The third-order valence-corrected chi connectivity index (χ3v) is 3.74. The van der Waals surface area contributed by atoms with E-state index in [-0.39, 0.29) is 22.1 Å². The minimum Gasteiger partial charge on any atom is -0.422 e. The number of nitro groups is 1. The number of ketones is 2. The Morgan fingerprint density at radius 2 is 1.64 bits per heavy atom. The molecule has 124 valence electrons. The van der Waals surface area contributed by atoms with Crippen molar-refractivity contribution in [2.24, 2.45) is 0 Å². The quantitative estimate of drug-likeness (QED) is 0.313. The van der Waals surface area contributed by atoms with E-state index in [2.05, 4.69) is 0 Å². The summed E-state index contributed by atoms with van der Waals surface area (Å²) < 4.78 is 5.10. The third kappa shape index (κ3) is 2.72. The van der Waals surface area contributed by atoms with Gasteiger partial charge in [-0.1, -0.05) is 30.3 Å². The van der Waals surface area contributed by atoms with Crippen molar-refractivity contribution < 1.29 is 18.9 Å². The van der Waals surface area contributed by atoms with Gasteiger partial charge in [-0.3, -0.25) is 19.7 Å². The highest BCUT2D eigenvalue weighted by atomic mass is 16.6. The van der Waals surface area contributed by atoms with Gasteiger partial charge in [-0.2, -0.15) is 0 Å². The molecule has 0 unspecified atom stereocenters. The Hall–Kier alpha value is -3.61. The lowest BCUT2D eigenvalue weighted by atomic mass is 9.93. The van der Waals surface area contributed by atoms with Gasteiger partial charge >= 0.3 is 5.63 Å². The number of fused-ring (bicyclic) bond motifs is 1. The molecule has 0 aliphatic rings. The van der Waals surface area contributed by atoms with Crippen molar-refractivity contribution >= 4 is 28.2 Å². The summed E-state index contributed by atoms with van der Waals surface area (Å²) >= 11 is 0. The smallest absolute Gasteiger partial charge is 0.347 e. The maximum absolute atomic E-state index is 13.0. The molecule has 0 saturated heterocycles. The van der Waals surface area contributed by atoms with Gasteiger partial charge in [-0.05, 0) is 19.1 Å². The van der Waals surface area contributed by atoms with Crippen LogP contribution in [0.25, 0.3) is 11.0 Å². The Bertz CT molecular complexity index is 1100. The largest absolute Gasteiger partial charge is 0.422 e. The fourth-order valence-corrected chi connectivity index (χ4v) is 2.66. The Morgan fingerprint density at radius 3 is 2.32 bits per heavy atom. The van der Waals surface area contributed by atoms with Crippen molar-refractivity contribution in [1.29, 1.82) is 0 Å². The number of nitrogens with zero attached hydrogens (tertiary/aromatic N) is 1. The first-order chi connectivity index (χ1) is 11.9. The Kier molecular flexibility index (Phi) is 3.98. The topological polar surface area (TPSA) is 107 Å². The van der Waals surface area contributed by atoms with Crippen LogP contribution in [0.4, 0.5) is 5.69 Å². The molecule has 1 heterocycles. The van der Waals surface area contributed by atoms with Gasteiger partial charge in [-0.15, -0.1) is 0 Å². The summed E-state index contributed by atoms with van der Waals surface area (Å²) in [7, 11) is 0. The van der Waals surface area contributed by atoms with Crippen LogP contribution in [-0.2, 0) is 0 Å². The van der Waals surface area contributed by atoms with Gasteiger partial charge in [0.05, 0.1) is 10.5 Å². The highest BCUT2D eigenvalue weighted by Crippen LogP contribution is 2.27. The molecule has 0 aliphatic heterocycles. The summed E-state index contributed by atoms with van der Waals surface area (Å²) in [6.45, 7) is 1.14. The van der Waals surface area contributed by atoms with E-state index in [1.54, 1.807) is 12.1 Å². The number of hydrogen-bond donors (Lipinski definition) is 0. The van der Waals surface area contributed by atoms with Crippen LogP contribution in [0.5, 0.6) is 0 Å². The molecule has 0 amide bonds. The van der Waals surface area contributed by atoms with Crippen molar-refractivity contribution in [2.45, 2.75) is 6.92 Å². The van der Waals surface area contributed by atoms with Gasteiger partial charge in [-0.25, -0.2) is 4.79 Å². The minimum atomic E-state index is -0.951. The first-order valence-corrected chi connectivity index (χ1v) is 7.26. The fraction of sp³-hybridized carbons (Fsp3) is 0.0556. The van der Waals surface area contributed by atoms with Gasteiger partial charge in [0.25, 0.3) is 5.69 Å². The summed E-state index contributed by atoms with van der Waals surface area (Å²) in [5, 5.41) is 11.5. The van der Waals surface area contributed by atoms with E-state index in [4.69, 9.17) is 4.42 Å². The average Bonchev–Trinajstić information content (AvgIpc) is 2.59. The number of carbonyl (C=O) groups is 2. The highest BCUT2D eigenvalue weighted by Gasteiger charge is 2.28. The molecule has 0 aliphatic carbocycles. The number of carbonyl (C=O) groups excluding carboxylic acids is 2. The van der Waals surface area contributed by atoms with Crippen molar-refractivity contribution in [3.05, 3.63) is 85.8 Å². The molecule has 0 bridgehead atoms. The van der Waals surface area contributed by atoms with Crippen LogP contribution in [0, 0.1) is 10.1 Å². The van der Waals surface area contributed by atoms with E-state index in [9.17, 15) is 24.5 Å². The molecule has 25 heavy (non-hydrogen) atoms. The molecule has 7 heteroatoms. The molecule has 0 fully saturated rings. The SMILES string of the molecule is CC(=O)c1c(C(=O)c2ccccc2[N+](=O)[O-])c2ccccc2oc1=O. The van der Waals surface area contributed by atoms with Crippen LogP contribution in [0.3, 0.4) is 0 Å². The summed E-state index contributed by atoms with van der Waals surface area (Å²) in [6, 6.07) is 11.6. The van der Waals surface area contributed by atoms with E-state index >= 15 is 0 Å². The standard InChI is InChI=1S/C18H11NO6/c1-10(20)15-16(12-7-3-5-9-14(12)25-18(15)22)17(21)11-6-2-4-8-13(11)19(23)24/h2-9H,1H3. The molecule has 0 atom stereocenters. The van der Waals surface area contributed by atoms with Gasteiger partial charge < -0.3 is 4.42 Å². The van der Waals surface area contributed by atoms with Gasteiger partial charge in [0.15, 0.2) is 5.78 Å². The normalized spacial score (nSPS) is 10.6. The lowest BCUT2D eigenvalue weighted by molar-refractivity contribution is -0.385. The van der Waals surface area contributed by atoms with Crippen LogP contribution in [0.1, 0.15) is 33.2 Å². The summed E-state index contributed by atoms with van der Waals surface area (Å²) in [5.41, 5.74) is -2.03. The van der Waals surface area contributed by atoms with Crippen molar-refractivity contribution in [2.75, 3.05) is 0 Å². The second-order valence-corrected chi connectivity index (χ2v) is 5.30. The van der Waals surface area contributed by atoms with Gasteiger partial charge in [0.2, 0.25) is 5.78 Å². The number of para-hydroxylation sites is 2. The Morgan fingerprint density at radius 1 is 1.00 bits per heavy atom. The molecule has 2 aromatic carbocycles. The van der Waals surface area contributed by atoms with Crippen molar-refractivity contribution in [3.8, 4) is 0 Å². The van der Waals surface area contributed by atoms with E-state index in [0.717, 1.165) is 6.92 Å². The maximum Gasteiger partial charge on any atom is 0.347 e. The molecule has 0 spiro atoms. The van der Waals surface area contributed by atoms with Crippen LogP contribution in [0.15, 0.2) is 57.7 Å².